The van der Waals surface area contributed by atoms with Crippen LogP contribution in [0.15, 0.2) is 24.5 Å². The molecule has 4 rings (SSSR count). The third-order valence-electron chi connectivity index (χ3n) is 4.61. The van der Waals surface area contributed by atoms with E-state index in [0.717, 1.165) is 36.6 Å². The van der Waals surface area contributed by atoms with E-state index >= 15 is 0 Å². The average Bonchev–Trinajstić information content (AvgIpc) is 3.55. The minimum absolute atomic E-state index is 0.125. The Kier molecular flexibility index (Phi) is 6.50. The number of anilines is 1. The quantitative estimate of drug-likeness (QED) is 0.284. The Morgan fingerprint density at radius 3 is 2.82 bits per heavy atom. The Morgan fingerprint density at radius 1 is 1.30 bits per heavy atom. The largest absolute Gasteiger partial charge is 0.494 e. The maximum absolute atomic E-state index is 13.3. The smallest absolute Gasteiger partial charge is 0.280 e. The molecule has 0 bridgehead atoms. The van der Waals surface area contributed by atoms with Gasteiger partial charge in [0.25, 0.3) is 18.2 Å². The Balaban J connectivity index is 1.71. The molecule has 0 aliphatic heterocycles. The molecule has 1 amide bonds. The third-order valence-corrected chi connectivity index (χ3v) is 5.36. The number of carbonyl (C=O) groups excluding carboxylic acids is 1. The lowest BCUT2D eigenvalue weighted by Crippen LogP contribution is -2.64. The zero-order valence-corrected chi connectivity index (χ0v) is 18.1. The number of carbonyl (C=O) groups is 1. The van der Waals surface area contributed by atoms with Gasteiger partial charge in [-0.15, -0.1) is 15.2 Å². The topological polar surface area (TPSA) is 130 Å². The lowest BCUT2D eigenvalue weighted by molar-refractivity contribution is -0.353. The van der Waals surface area contributed by atoms with Crippen molar-refractivity contribution in [2.24, 2.45) is 11.7 Å². The van der Waals surface area contributed by atoms with Crippen LogP contribution in [0.5, 0.6) is 5.75 Å². The molecule has 0 saturated heterocycles. The number of halogens is 2. The number of hydrogen-bond donors (Lipinski definition) is 3. The van der Waals surface area contributed by atoms with E-state index < -0.39 is 18.0 Å². The minimum atomic E-state index is -2.80. The minimum Gasteiger partial charge on any atom is -0.494 e. The molecule has 4 N–H and O–H groups in total. The molecule has 0 spiro atoms. The highest BCUT2D eigenvalue weighted by Gasteiger charge is 2.23. The zero-order chi connectivity index (χ0) is 23.4. The van der Waals surface area contributed by atoms with Crippen molar-refractivity contribution in [2.45, 2.75) is 19.3 Å². The molecule has 12 heteroatoms. The predicted molar refractivity (Wildman–Crippen MR) is 117 cm³/mol. The summed E-state index contributed by atoms with van der Waals surface area (Å²) in [6.45, 7) is 0. The summed E-state index contributed by atoms with van der Waals surface area (Å²) in [7, 11) is 1.38. The van der Waals surface area contributed by atoms with Crippen molar-refractivity contribution >= 4 is 34.5 Å². The van der Waals surface area contributed by atoms with Gasteiger partial charge in [0, 0.05) is 23.1 Å². The van der Waals surface area contributed by atoms with Crippen LogP contribution in [0.25, 0.3) is 11.1 Å². The summed E-state index contributed by atoms with van der Waals surface area (Å²) in [5.74, 6) is 6.37. The van der Waals surface area contributed by atoms with E-state index in [2.05, 4.69) is 42.3 Å². The number of nitrogens with two attached hydrogens (primary N) is 1. The first-order valence-electron chi connectivity index (χ1n) is 9.77. The van der Waals surface area contributed by atoms with Gasteiger partial charge < -0.3 is 10.5 Å². The van der Waals surface area contributed by atoms with Gasteiger partial charge in [0.2, 0.25) is 5.13 Å². The van der Waals surface area contributed by atoms with Crippen molar-refractivity contribution in [3.63, 3.8) is 0 Å². The number of pyridine rings is 2. The fraction of sp³-hybridized carbons (Fsp3) is 0.238. The normalized spacial score (nSPS) is 13.1. The summed E-state index contributed by atoms with van der Waals surface area (Å²) in [6.07, 6.45) is 3.06. The summed E-state index contributed by atoms with van der Waals surface area (Å²) in [5, 5.41) is 11.3. The van der Waals surface area contributed by atoms with Gasteiger partial charge in [-0.05, 0) is 24.8 Å². The van der Waals surface area contributed by atoms with Crippen molar-refractivity contribution in [3.8, 4) is 28.7 Å². The van der Waals surface area contributed by atoms with Gasteiger partial charge in [-0.25, -0.2) is 8.78 Å². The van der Waals surface area contributed by atoms with E-state index in [4.69, 9.17) is 10.5 Å². The molecule has 1 fully saturated rings. The molecule has 3 aromatic heterocycles. The van der Waals surface area contributed by atoms with E-state index in [9.17, 15) is 13.6 Å². The Bertz CT molecular complexity index is 1280. The van der Waals surface area contributed by atoms with Crippen LogP contribution in [0, 0.1) is 17.8 Å². The molecule has 3 aromatic rings. The molecule has 168 valence electrons. The second kappa shape index (κ2) is 9.66. The lowest BCUT2D eigenvalue weighted by atomic mass is 10.0. The summed E-state index contributed by atoms with van der Waals surface area (Å²) in [4.78, 5) is 23.7. The van der Waals surface area contributed by atoms with Gasteiger partial charge in [-0.3, -0.25) is 20.1 Å². The van der Waals surface area contributed by atoms with Crippen LogP contribution in [0.4, 0.5) is 19.7 Å². The maximum Gasteiger partial charge on any atom is 0.280 e. The first-order chi connectivity index (χ1) is 16.0. The molecule has 9 nitrogen and oxygen atoms in total. The Hall–Kier alpha value is -3.98. The molecule has 1 aliphatic rings. The number of nitrogens with zero attached hydrogens (tertiary/aromatic N) is 4. The van der Waals surface area contributed by atoms with Crippen LogP contribution < -0.4 is 20.8 Å². The number of ether oxygens (including phenoxy) is 1. The van der Waals surface area contributed by atoms with E-state index in [1.807, 2.05) is 0 Å². The lowest BCUT2D eigenvalue weighted by Gasteiger charge is -2.12. The van der Waals surface area contributed by atoms with Crippen LogP contribution in [0.2, 0.25) is 0 Å². The number of amides is 1. The van der Waals surface area contributed by atoms with Gasteiger partial charge in [-0.1, -0.05) is 17.3 Å². The number of aromatic nitrogens is 4. The van der Waals surface area contributed by atoms with Gasteiger partial charge in [0.1, 0.15) is 17.6 Å². The van der Waals surface area contributed by atoms with Crippen molar-refractivity contribution in [2.75, 3.05) is 12.4 Å². The molecule has 33 heavy (non-hydrogen) atoms. The monoisotopic (exact) mass is 470 g/mol. The fourth-order valence-corrected chi connectivity index (χ4v) is 3.45. The van der Waals surface area contributed by atoms with Crippen molar-refractivity contribution in [1.82, 2.24) is 20.2 Å². The van der Waals surface area contributed by atoms with Gasteiger partial charge >= 0.3 is 0 Å². The van der Waals surface area contributed by atoms with Gasteiger partial charge in [0.05, 0.1) is 18.9 Å². The zero-order valence-electron chi connectivity index (χ0n) is 17.3. The van der Waals surface area contributed by atoms with Crippen molar-refractivity contribution in [3.05, 3.63) is 40.8 Å². The van der Waals surface area contributed by atoms with E-state index in [0.29, 0.717) is 10.9 Å². The van der Waals surface area contributed by atoms with Gasteiger partial charge in [-0.2, -0.15) is 0 Å². The Morgan fingerprint density at radius 2 is 2.12 bits per heavy atom. The van der Waals surface area contributed by atoms with Crippen LogP contribution >= 0.6 is 11.3 Å². The second-order valence-corrected chi connectivity index (χ2v) is 7.92. The molecule has 0 atom stereocenters. The second-order valence-electron chi connectivity index (χ2n) is 6.95. The first kappa shape index (κ1) is 22.2. The highest BCUT2D eigenvalue weighted by molar-refractivity contribution is 7.15. The van der Waals surface area contributed by atoms with Crippen molar-refractivity contribution in [1.29, 1.82) is 0 Å². The van der Waals surface area contributed by atoms with Gasteiger partial charge in [0.15, 0.2) is 11.3 Å². The number of nitrogens with one attached hydrogen (secondary N) is 2. The van der Waals surface area contributed by atoms with E-state index in [1.54, 1.807) is 0 Å². The standard InChI is InChI=1S/C21H17F2N7O2S/c1-32-16-9-25-15(19(22)23)6-12(16)14-8-26-17(27-10-24)7-13(14)20(31)28-21-30-29-18(33-21)5-4-11-2-3-11/h6-11,19H,2-3H2,1H3,(H2,24,26,27)(H,28,30,31)/p+1. The fourth-order valence-electron chi connectivity index (χ4n) is 2.85. The molecular weight excluding hydrogens is 452 g/mol. The molecule has 3 heterocycles. The summed E-state index contributed by atoms with van der Waals surface area (Å²) in [5.41, 5.74) is 5.55. The predicted octanol–water partition coefficient (Wildman–Crippen LogP) is 1.65. The molecule has 1 aliphatic carbocycles. The van der Waals surface area contributed by atoms with Crippen LogP contribution in [0.1, 0.15) is 40.3 Å². The maximum atomic E-state index is 13.3. The highest BCUT2D eigenvalue weighted by atomic mass is 32.1. The highest BCUT2D eigenvalue weighted by Crippen LogP contribution is 2.35. The third kappa shape index (κ3) is 5.27. The number of methoxy groups -OCH3 is 1. The Labute approximate surface area is 191 Å². The average molecular weight is 470 g/mol. The SMILES string of the molecule is COc1cnc(C(F)F)cc1-c1cnc([NH+]=CN)cc1C(=O)Nc1nnc(C#CC2CC2)s1. The number of rotatable bonds is 6. The molecule has 0 aromatic carbocycles. The molecular formula is C21H18F2N7O2S+. The summed E-state index contributed by atoms with van der Waals surface area (Å²) in [6, 6.07) is 2.60. The molecule has 0 unspecified atom stereocenters. The summed E-state index contributed by atoms with van der Waals surface area (Å²) < 4.78 is 31.8. The molecule has 0 radical (unpaired) electrons. The number of alkyl halides is 2. The van der Waals surface area contributed by atoms with Crippen molar-refractivity contribution < 1.29 is 23.3 Å². The number of hydrogen-bond acceptors (Lipinski definition) is 7. The summed E-state index contributed by atoms with van der Waals surface area (Å²) >= 11 is 1.14. The van der Waals surface area contributed by atoms with Crippen LogP contribution in [-0.2, 0) is 0 Å². The van der Waals surface area contributed by atoms with Crippen LogP contribution in [0.3, 0.4) is 0 Å². The van der Waals surface area contributed by atoms with Crippen LogP contribution in [-0.4, -0.2) is 39.5 Å². The van der Waals surface area contributed by atoms with E-state index in [1.165, 1.54) is 25.6 Å². The molecule has 1 saturated carbocycles. The van der Waals surface area contributed by atoms with E-state index in [-0.39, 0.29) is 33.4 Å². The first-order valence-corrected chi connectivity index (χ1v) is 10.6.